The Balaban J connectivity index is 1.79. The number of nitrogens with zero attached hydrogens (tertiary/aromatic N) is 1. The zero-order chi connectivity index (χ0) is 13.7. The van der Waals surface area contributed by atoms with Gasteiger partial charge < -0.3 is 0 Å². The van der Waals surface area contributed by atoms with E-state index in [2.05, 4.69) is 0 Å². The summed E-state index contributed by atoms with van der Waals surface area (Å²) in [6.07, 6.45) is 1.73. The van der Waals surface area contributed by atoms with Gasteiger partial charge in [0.1, 0.15) is 5.82 Å². The van der Waals surface area contributed by atoms with Crippen LogP contribution in [0.5, 0.6) is 0 Å². The van der Waals surface area contributed by atoms with E-state index in [0.29, 0.717) is 5.56 Å². The molecule has 1 saturated heterocycles. The molecule has 0 N–H and O–H groups in total. The summed E-state index contributed by atoms with van der Waals surface area (Å²) in [5.41, 5.74) is 2.86. The van der Waals surface area contributed by atoms with Crippen LogP contribution in [-0.2, 0) is 11.3 Å². The molecule has 0 aliphatic carbocycles. The second-order valence-electron chi connectivity index (χ2n) is 5.30. The number of hydrogen-bond donors (Lipinski definition) is 0. The highest BCUT2D eigenvalue weighted by molar-refractivity contribution is 6.30. The van der Waals surface area contributed by atoms with E-state index in [0.717, 1.165) is 23.6 Å². The van der Waals surface area contributed by atoms with Crippen LogP contribution in [0.1, 0.15) is 23.6 Å². The second-order valence-corrected chi connectivity index (χ2v) is 5.74. The summed E-state index contributed by atoms with van der Waals surface area (Å²) in [6, 6.07) is 12.6. The van der Waals surface area contributed by atoms with Gasteiger partial charge in [0.15, 0.2) is 0 Å². The van der Waals surface area contributed by atoms with Gasteiger partial charge in [0.2, 0.25) is 0 Å². The van der Waals surface area contributed by atoms with Gasteiger partial charge in [0.05, 0.1) is 17.8 Å². The smallest absolute Gasteiger partial charge is 0.128 e. The van der Waals surface area contributed by atoms with Crippen LogP contribution in [0.4, 0.5) is 10.1 Å². The summed E-state index contributed by atoms with van der Waals surface area (Å²) in [4.78, 5) is 5.91. The van der Waals surface area contributed by atoms with Crippen molar-refractivity contribution in [1.29, 1.82) is 0 Å². The summed E-state index contributed by atoms with van der Waals surface area (Å²) in [5.74, 6) is -0.177. The maximum atomic E-state index is 14.0. The van der Waals surface area contributed by atoms with E-state index >= 15 is 0 Å². The molecule has 0 spiro atoms. The molecule has 2 bridgehead atoms. The fraction of sp³-hybridized carbons (Fsp3) is 0.250. The molecular weight excluding hydrogens is 277 g/mol. The lowest BCUT2D eigenvalue weighted by Crippen LogP contribution is -2.27. The van der Waals surface area contributed by atoms with Gasteiger partial charge in [-0.15, -0.1) is 0 Å². The molecular formula is C16H13ClFNO. The first-order valence-corrected chi connectivity index (χ1v) is 7.09. The third-order valence-corrected chi connectivity index (χ3v) is 4.26. The number of rotatable bonds is 1. The summed E-state index contributed by atoms with van der Waals surface area (Å²) in [6.45, 7) is 0. The molecule has 2 heterocycles. The first-order chi connectivity index (χ1) is 9.72. The van der Waals surface area contributed by atoms with E-state index in [-0.39, 0.29) is 18.0 Å². The minimum atomic E-state index is -0.177. The van der Waals surface area contributed by atoms with Crippen molar-refractivity contribution >= 4 is 17.3 Å². The Morgan fingerprint density at radius 1 is 1.20 bits per heavy atom. The van der Waals surface area contributed by atoms with Gasteiger partial charge in [-0.05, 0) is 29.8 Å². The Labute approximate surface area is 121 Å². The second kappa shape index (κ2) is 4.47. The lowest BCUT2D eigenvalue weighted by molar-refractivity contribution is 0.0733. The van der Waals surface area contributed by atoms with Crippen molar-refractivity contribution < 1.29 is 9.23 Å². The average Bonchev–Trinajstić information content (AvgIpc) is 2.77. The zero-order valence-electron chi connectivity index (χ0n) is 10.7. The van der Waals surface area contributed by atoms with Crippen LogP contribution in [0.25, 0.3) is 0 Å². The van der Waals surface area contributed by atoms with Crippen LogP contribution in [-0.4, -0.2) is 6.10 Å². The van der Waals surface area contributed by atoms with Crippen molar-refractivity contribution in [2.45, 2.75) is 25.0 Å². The largest absolute Gasteiger partial charge is 0.269 e. The molecule has 0 radical (unpaired) electrons. The number of anilines is 1. The quantitative estimate of drug-likeness (QED) is 0.776. The summed E-state index contributed by atoms with van der Waals surface area (Å²) in [7, 11) is 0. The molecule has 2 nitrogen and oxygen atoms in total. The van der Waals surface area contributed by atoms with Crippen LogP contribution >= 0.6 is 11.6 Å². The van der Waals surface area contributed by atoms with Crippen molar-refractivity contribution in [2.75, 3.05) is 5.06 Å². The minimum absolute atomic E-state index is 0.0661. The highest BCUT2D eigenvalue weighted by atomic mass is 35.5. The van der Waals surface area contributed by atoms with Gasteiger partial charge in [0.25, 0.3) is 0 Å². The molecule has 1 fully saturated rings. The number of benzene rings is 2. The first-order valence-electron chi connectivity index (χ1n) is 6.71. The molecule has 4 heteroatoms. The van der Waals surface area contributed by atoms with Crippen LogP contribution in [0.2, 0.25) is 5.02 Å². The minimum Gasteiger partial charge on any atom is -0.269 e. The molecule has 102 valence electrons. The van der Waals surface area contributed by atoms with Crippen LogP contribution in [0.3, 0.4) is 0 Å². The first kappa shape index (κ1) is 12.2. The van der Waals surface area contributed by atoms with E-state index in [1.165, 1.54) is 11.6 Å². The predicted octanol–water partition coefficient (Wildman–Crippen LogP) is 4.29. The van der Waals surface area contributed by atoms with E-state index in [9.17, 15) is 4.39 Å². The molecule has 2 atom stereocenters. The lowest BCUT2D eigenvalue weighted by atomic mass is 10.0. The van der Waals surface area contributed by atoms with Crippen molar-refractivity contribution in [3.05, 3.63) is 64.4 Å². The molecule has 0 saturated carbocycles. The Morgan fingerprint density at radius 2 is 2.05 bits per heavy atom. The van der Waals surface area contributed by atoms with E-state index < -0.39 is 0 Å². The SMILES string of the molecule is Fc1ccccc1[C@@H]1C[C@@H]2Cc3cc(Cl)ccc3N1O2. The van der Waals surface area contributed by atoms with Gasteiger partial charge in [-0.3, -0.25) is 4.84 Å². The normalized spacial score (nSPS) is 23.8. The molecule has 0 aromatic heterocycles. The molecule has 0 amide bonds. The standard InChI is InChI=1S/C16H13ClFNO/c17-11-5-6-15-10(7-11)8-12-9-16(19(15)20-12)13-3-1-2-4-14(13)18/h1-7,12,16H,8-9H2/t12-,16-/m0/s1. The van der Waals surface area contributed by atoms with Crippen LogP contribution < -0.4 is 5.06 Å². The maximum Gasteiger partial charge on any atom is 0.128 e. The van der Waals surface area contributed by atoms with E-state index in [1.54, 1.807) is 6.07 Å². The molecule has 0 unspecified atom stereocenters. The predicted molar refractivity (Wildman–Crippen MR) is 76.3 cm³/mol. The highest BCUT2D eigenvalue weighted by Crippen LogP contribution is 2.45. The third kappa shape index (κ3) is 1.81. The molecule has 4 rings (SSSR count). The van der Waals surface area contributed by atoms with Crippen molar-refractivity contribution in [1.82, 2.24) is 0 Å². The number of hydroxylamine groups is 1. The number of hydrogen-bond acceptors (Lipinski definition) is 2. The van der Waals surface area contributed by atoms with Crippen molar-refractivity contribution in [2.24, 2.45) is 0 Å². The number of halogens is 2. The van der Waals surface area contributed by atoms with Crippen molar-refractivity contribution in [3.63, 3.8) is 0 Å². The Kier molecular flexibility index (Phi) is 2.72. The Morgan fingerprint density at radius 3 is 2.90 bits per heavy atom. The molecule has 2 aromatic carbocycles. The van der Waals surface area contributed by atoms with Gasteiger partial charge in [0, 0.05) is 23.4 Å². The van der Waals surface area contributed by atoms with Crippen molar-refractivity contribution in [3.8, 4) is 0 Å². The highest BCUT2D eigenvalue weighted by Gasteiger charge is 2.40. The van der Waals surface area contributed by atoms with Crippen LogP contribution in [0, 0.1) is 5.82 Å². The summed E-state index contributed by atoms with van der Waals surface area (Å²) < 4.78 is 14.0. The summed E-state index contributed by atoms with van der Waals surface area (Å²) in [5, 5.41) is 2.58. The lowest BCUT2D eigenvalue weighted by Gasteiger charge is -2.30. The Bertz CT molecular complexity index is 675. The fourth-order valence-corrected chi connectivity index (χ4v) is 3.34. The third-order valence-electron chi connectivity index (χ3n) is 4.02. The fourth-order valence-electron chi connectivity index (χ4n) is 3.14. The van der Waals surface area contributed by atoms with E-state index in [4.69, 9.17) is 16.4 Å². The van der Waals surface area contributed by atoms with Crippen LogP contribution in [0.15, 0.2) is 42.5 Å². The summed E-state index contributed by atoms with van der Waals surface area (Å²) >= 11 is 6.05. The molecule has 2 aliphatic heterocycles. The monoisotopic (exact) mass is 289 g/mol. The average molecular weight is 290 g/mol. The van der Waals surface area contributed by atoms with E-state index in [1.807, 2.05) is 35.4 Å². The van der Waals surface area contributed by atoms with Gasteiger partial charge in [-0.1, -0.05) is 29.8 Å². The molecule has 20 heavy (non-hydrogen) atoms. The van der Waals surface area contributed by atoms with Gasteiger partial charge >= 0.3 is 0 Å². The topological polar surface area (TPSA) is 12.5 Å². The number of fused-ring (bicyclic) bond motifs is 4. The maximum absolute atomic E-state index is 14.0. The molecule has 2 aliphatic rings. The van der Waals surface area contributed by atoms with Gasteiger partial charge in [-0.2, -0.15) is 0 Å². The van der Waals surface area contributed by atoms with Gasteiger partial charge in [-0.25, -0.2) is 9.45 Å². The zero-order valence-corrected chi connectivity index (χ0v) is 11.5. The molecule has 2 aromatic rings. The Hall–Kier alpha value is -1.58.